The third kappa shape index (κ3) is 42.1. The number of unbranched alkanes of at least 4 members (excludes halogenated alkanes) is 26. The Kier molecular flexibility index (Phi) is 40.2. The Morgan fingerprint density at radius 2 is 0.791 bits per heavy atom. The van der Waals surface area contributed by atoms with Gasteiger partial charge in [-0.25, -0.2) is 0 Å². The summed E-state index contributed by atoms with van der Waals surface area (Å²) in [5.41, 5.74) is 5.55. The molecule has 0 aromatic carbocycles. The Balaban J connectivity index is 0. The lowest BCUT2D eigenvalue weighted by Crippen LogP contribution is -3.09. The van der Waals surface area contributed by atoms with Gasteiger partial charge in [0.1, 0.15) is 7.60 Å². The lowest BCUT2D eigenvalue weighted by atomic mass is 10.0. The van der Waals surface area contributed by atoms with Crippen molar-refractivity contribution in [2.75, 3.05) is 40.0 Å². The van der Waals surface area contributed by atoms with Crippen LogP contribution in [-0.2, 0) is 9.09 Å². The molecule has 0 aliphatic heterocycles. The van der Waals surface area contributed by atoms with Crippen molar-refractivity contribution in [3.63, 3.8) is 0 Å². The molecule has 0 radical (unpaired) electrons. The predicted octanol–water partition coefficient (Wildman–Crippen LogP) is 10.00. The maximum atomic E-state index is 11.1. The molecule has 5 nitrogen and oxygen atoms in total. The van der Waals surface area contributed by atoms with Crippen LogP contribution in [0.5, 0.6) is 0 Å². The topological polar surface area (TPSA) is 79.8 Å². The van der Waals surface area contributed by atoms with Crippen LogP contribution in [0.3, 0.4) is 0 Å². The third-order valence-electron chi connectivity index (χ3n) is 8.83. The van der Waals surface area contributed by atoms with Crippen LogP contribution in [0.15, 0.2) is 0 Å². The average molecular weight is 633 g/mol. The van der Waals surface area contributed by atoms with Crippen molar-refractivity contribution < 1.29 is 18.9 Å². The summed E-state index contributed by atoms with van der Waals surface area (Å²) in [6.07, 6.45) is 39.6. The molecule has 0 amide bonds. The Morgan fingerprint density at radius 1 is 0.512 bits per heavy atom. The molecule has 0 bridgehead atoms. The quantitative estimate of drug-likeness (QED) is 0.0546. The van der Waals surface area contributed by atoms with Gasteiger partial charge in [-0.05, 0) is 25.8 Å². The maximum absolute atomic E-state index is 11.1. The van der Waals surface area contributed by atoms with E-state index in [1.807, 2.05) is 0 Å². The van der Waals surface area contributed by atoms with Gasteiger partial charge in [0, 0.05) is 19.7 Å². The molecule has 0 spiro atoms. The highest BCUT2D eigenvalue weighted by molar-refractivity contribution is 7.51. The summed E-state index contributed by atoms with van der Waals surface area (Å²) in [7, 11) is 0.0474. The summed E-state index contributed by atoms with van der Waals surface area (Å²) in [5.74, 6) is 0. The Bertz CT molecular complexity index is 550. The fourth-order valence-electron chi connectivity index (χ4n) is 5.74. The molecule has 3 N–H and O–H groups in total. The van der Waals surface area contributed by atoms with Crippen molar-refractivity contribution in [2.24, 2.45) is 5.73 Å². The first-order valence-electron chi connectivity index (χ1n) is 19.3. The third-order valence-corrected chi connectivity index (χ3v) is 10.2. The van der Waals surface area contributed by atoms with Gasteiger partial charge in [-0.2, -0.15) is 0 Å². The molecule has 2 unspecified atom stereocenters. The van der Waals surface area contributed by atoms with Crippen LogP contribution < -0.4 is 15.5 Å². The number of hydrogen-bond acceptors (Lipinski definition) is 4. The molecule has 0 aromatic rings. The first-order valence-corrected chi connectivity index (χ1v) is 21.0. The van der Waals surface area contributed by atoms with E-state index >= 15 is 0 Å². The minimum absolute atomic E-state index is 0.195. The molecule has 2 atom stereocenters. The molecular formula is C37H81N2O3P. The van der Waals surface area contributed by atoms with Gasteiger partial charge in [0.25, 0.3) is 0 Å². The molecule has 0 saturated heterocycles. The second-order valence-corrected chi connectivity index (χ2v) is 15.3. The van der Waals surface area contributed by atoms with E-state index in [9.17, 15) is 9.46 Å². The molecule has 0 fully saturated rings. The zero-order valence-electron chi connectivity index (χ0n) is 30.1. The molecule has 6 heteroatoms. The van der Waals surface area contributed by atoms with E-state index in [2.05, 4.69) is 25.4 Å². The minimum Gasteiger partial charge on any atom is -0.779 e. The van der Waals surface area contributed by atoms with E-state index in [1.54, 1.807) is 4.90 Å². The maximum Gasteiger partial charge on any atom is 0.134 e. The minimum atomic E-state index is -3.50. The van der Waals surface area contributed by atoms with Gasteiger partial charge < -0.3 is 24.6 Å². The largest absolute Gasteiger partial charge is 0.779 e. The molecule has 0 aliphatic rings. The van der Waals surface area contributed by atoms with E-state index in [4.69, 9.17) is 5.73 Å². The molecule has 0 rings (SSSR count). The van der Waals surface area contributed by atoms with Gasteiger partial charge in [0.15, 0.2) is 0 Å². The summed E-state index contributed by atoms with van der Waals surface area (Å²) in [5, 5.41) is 0. The average Bonchev–Trinajstić information content (AvgIpc) is 3.00. The second kappa shape index (κ2) is 38.3. The molecule has 0 aliphatic carbocycles. The Hall–Kier alpha value is 0.0700. The summed E-state index contributed by atoms with van der Waals surface area (Å²) >= 11 is 0. The number of nitrogens with one attached hydrogen (secondary N) is 1. The highest BCUT2D eigenvalue weighted by Gasteiger charge is 2.04. The van der Waals surface area contributed by atoms with Crippen LogP contribution in [0.4, 0.5) is 0 Å². The highest BCUT2D eigenvalue weighted by Crippen LogP contribution is 2.36. The Labute approximate surface area is 271 Å². The van der Waals surface area contributed by atoms with E-state index in [0.717, 1.165) is 25.8 Å². The molecule has 262 valence electrons. The van der Waals surface area contributed by atoms with Crippen LogP contribution in [0.1, 0.15) is 200 Å². The van der Waals surface area contributed by atoms with E-state index in [-0.39, 0.29) is 6.16 Å². The van der Waals surface area contributed by atoms with Crippen molar-refractivity contribution >= 4 is 7.60 Å². The van der Waals surface area contributed by atoms with Crippen LogP contribution in [0, 0.1) is 0 Å². The van der Waals surface area contributed by atoms with Crippen molar-refractivity contribution in [2.45, 2.75) is 200 Å². The van der Waals surface area contributed by atoms with Crippen molar-refractivity contribution in [3.8, 4) is 0 Å². The monoisotopic (exact) mass is 633 g/mol. The highest BCUT2D eigenvalue weighted by atomic mass is 31.2. The van der Waals surface area contributed by atoms with Crippen LogP contribution in [-0.4, -0.2) is 40.0 Å². The summed E-state index contributed by atoms with van der Waals surface area (Å²) in [4.78, 5) is 12.7. The lowest BCUT2D eigenvalue weighted by molar-refractivity contribution is -0.879. The fraction of sp³-hybridized carbons (Fsp3) is 1.00. The van der Waals surface area contributed by atoms with Gasteiger partial charge in [0.2, 0.25) is 0 Å². The van der Waals surface area contributed by atoms with Gasteiger partial charge in [0.05, 0.1) is 20.1 Å². The number of quaternary nitrogens is 1. The van der Waals surface area contributed by atoms with Crippen LogP contribution in [0.2, 0.25) is 0 Å². The normalized spacial score (nSPS) is 13.4. The fourth-order valence-corrected chi connectivity index (χ4v) is 6.53. The van der Waals surface area contributed by atoms with Gasteiger partial charge in [-0.15, -0.1) is 0 Å². The van der Waals surface area contributed by atoms with Gasteiger partial charge in [-0.1, -0.05) is 174 Å². The molecule has 43 heavy (non-hydrogen) atoms. The molecule has 0 saturated carbocycles. The van der Waals surface area contributed by atoms with Crippen molar-refractivity contribution in [1.29, 1.82) is 0 Å². The summed E-state index contributed by atoms with van der Waals surface area (Å²) in [6.45, 7) is 7.97. The number of rotatable bonds is 34. The zero-order chi connectivity index (χ0) is 32.1. The van der Waals surface area contributed by atoms with Gasteiger partial charge >= 0.3 is 0 Å². The first kappa shape index (κ1) is 45.2. The van der Waals surface area contributed by atoms with Crippen LogP contribution in [0.25, 0.3) is 0 Å². The predicted molar refractivity (Wildman–Crippen MR) is 190 cm³/mol. The lowest BCUT2D eigenvalue weighted by Gasteiger charge is -2.20. The van der Waals surface area contributed by atoms with Crippen LogP contribution >= 0.6 is 7.60 Å². The summed E-state index contributed by atoms with van der Waals surface area (Å²) < 4.78 is 15.5. The zero-order valence-corrected chi connectivity index (χ0v) is 31.0. The standard InChI is InChI=1S/C22H48N2.C15H33O3P/c1-3-4-5-6-7-8-9-10-11-12-13-14-15-16-17-18-21-24(2)22-19-20-23;1-3-4-5-6-7-8-9-10-11-12-13-14-15-19(16,17)18-2/h3-23H2,1-2H3;3-15H2,1-2H3,(H,16,17). The molecule has 0 aromatic heterocycles. The van der Waals surface area contributed by atoms with Gasteiger partial charge in [-0.3, -0.25) is 0 Å². The summed E-state index contributed by atoms with van der Waals surface area (Å²) in [6, 6.07) is 0. The number of nitrogens with two attached hydrogens (primary N) is 1. The Morgan fingerprint density at radius 3 is 1.09 bits per heavy atom. The molecule has 0 heterocycles. The SMILES string of the molecule is CCCCCCCCCCCCCCCCCC[NH+](C)CCCN.CCCCCCCCCCCCCCP(=O)([O-])OC. The van der Waals surface area contributed by atoms with Crippen molar-refractivity contribution in [1.82, 2.24) is 0 Å². The smallest absolute Gasteiger partial charge is 0.134 e. The van der Waals surface area contributed by atoms with Crippen molar-refractivity contribution in [3.05, 3.63) is 0 Å². The number of hydrogen-bond donors (Lipinski definition) is 2. The van der Waals surface area contributed by atoms with E-state index in [1.165, 1.54) is 187 Å². The molecular weight excluding hydrogens is 551 g/mol. The van der Waals surface area contributed by atoms with E-state index < -0.39 is 7.60 Å². The second-order valence-electron chi connectivity index (χ2n) is 13.3. The first-order chi connectivity index (χ1) is 20.9. The van der Waals surface area contributed by atoms with E-state index in [0.29, 0.717) is 0 Å².